The van der Waals surface area contributed by atoms with Crippen molar-refractivity contribution in [3.8, 4) is 0 Å². The molecule has 0 amide bonds. The summed E-state index contributed by atoms with van der Waals surface area (Å²) < 4.78 is 1.15. The van der Waals surface area contributed by atoms with Gasteiger partial charge in [-0.25, -0.2) is 0 Å². The van der Waals surface area contributed by atoms with Crippen LogP contribution in [-0.2, 0) is 5.41 Å². The van der Waals surface area contributed by atoms with E-state index in [4.69, 9.17) is 5.73 Å². The molecule has 0 aliphatic carbocycles. The minimum Gasteiger partial charge on any atom is -0.330 e. The van der Waals surface area contributed by atoms with Crippen LogP contribution in [0, 0.1) is 0 Å². The van der Waals surface area contributed by atoms with Gasteiger partial charge in [-0.15, -0.1) is 0 Å². The number of benzene rings is 1. The summed E-state index contributed by atoms with van der Waals surface area (Å²) in [6, 6.07) is 8.66. The van der Waals surface area contributed by atoms with Crippen molar-refractivity contribution in [2.75, 3.05) is 26.7 Å². The molecule has 2 nitrogen and oxygen atoms in total. The summed E-state index contributed by atoms with van der Waals surface area (Å²) in [5.41, 5.74) is 7.67. The number of hydrogen-bond donors (Lipinski definition) is 1. The first-order chi connectivity index (χ1) is 8.16. The molecule has 1 aromatic rings. The van der Waals surface area contributed by atoms with Crippen molar-refractivity contribution in [2.24, 2.45) is 5.73 Å². The Hall–Kier alpha value is -0.380. The second-order valence-corrected chi connectivity index (χ2v) is 6.07. The third-order valence-electron chi connectivity index (χ3n) is 3.99. The molecule has 1 aromatic carbocycles. The van der Waals surface area contributed by atoms with Gasteiger partial charge in [0.05, 0.1) is 0 Å². The summed E-state index contributed by atoms with van der Waals surface area (Å²) in [4.78, 5) is 2.41. The van der Waals surface area contributed by atoms with Crippen molar-refractivity contribution >= 4 is 15.9 Å². The minimum atomic E-state index is 0.175. The summed E-state index contributed by atoms with van der Waals surface area (Å²) in [6.45, 7) is 3.08. The van der Waals surface area contributed by atoms with Crippen LogP contribution >= 0.6 is 15.9 Å². The Bertz CT molecular complexity index is 380. The lowest BCUT2D eigenvalue weighted by Crippen LogP contribution is -2.36. The van der Waals surface area contributed by atoms with Gasteiger partial charge in [0.25, 0.3) is 0 Å². The molecule has 2 N–H and O–H groups in total. The molecule has 0 aromatic heterocycles. The van der Waals surface area contributed by atoms with Gasteiger partial charge in [0.2, 0.25) is 0 Å². The van der Waals surface area contributed by atoms with E-state index in [1.807, 2.05) is 0 Å². The van der Waals surface area contributed by atoms with Crippen molar-refractivity contribution in [1.82, 2.24) is 4.90 Å². The van der Waals surface area contributed by atoms with Gasteiger partial charge < -0.3 is 10.6 Å². The maximum atomic E-state index is 6.10. The van der Waals surface area contributed by atoms with Gasteiger partial charge in [-0.2, -0.15) is 0 Å². The van der Waals surface area contributed by atoms with Gasteiger partial charge in [0.1, 0.15) is 0 Å². The Morgan fingerprint density at radius 1 is 1.35 bits per heavy atom. The number of hydrogen-bond acceptors (Lipinski definition) is 2. The molecule has 1 atom stereocenters. The van der Waals surface area contributed by atoms with Crippen LogP contribution in [0.5, 0.6) is 0 Å². The van der Waals surface area contributed by atoms with Gasteiger partial charge >= 0.3 is 0 Å². The van der Waals surface area contributed by atoms with Gasteiger partial charge in [-0.1, -0.05) is 28.1 Å². The highest BCUT2D eigenvalue weighted by Gasteiger charge is 2.32. The molecule has 1 aliphatic heterocycles. The maximum absolute atomic E-state index is 6.10. The third kappa shape index (κ3) is 2.90. The Morgan fingerprint density at radius 2 is 2.18 bits per heavy atom. The fourth-order valence-corrected chi connectivity index (χ4v) is 3.16. The number of nitrogens with two attached hydrogens (primary N) is 1. The number of halogens is 1. The monoisotopic (exact) mass is 296 g/mol. The van der Waals surface area contributed by atoms with E-state index in [1.54, 1.807) is 0 Å². The summed E-state index contributed by atoms with van der Waals surface area (Å²) >= 11 is 3.56. The van der Waals surface area contributed by atoms with E-state index in [1.165, 1.54) is 24.9 Å². The Morgan fingerprint density at radius 3 is 2.88 bits per heavy atom. The van der Waals surface area contributed by atoms with E-state index in [-0.39, 0.29) is 5.41 Å². The van der Waals surface area contributed by atoms with Gasteiger partial charge in [-0.05, 0) is 57.1 Å². The van der Waals surface area contributed by atoms with Crippen molar-refractivity contribution in [2.45, 2.75) is 24.7 Å². The largest absolute Gasteiger partial charge is 0.330 e. The zero-order valence-corrected chi connectivity index (χ0v) is 12.0. The number of likely N-dealkylation sites (tertiary alicyclic amines) is 1. The first kappa shape index (κ1) is 13.1. The molecule has 2 rings (SSSR count). The second-order valence-electron chi connectivity index (χ2n) is 5.15. The topological polar surface area (TPSA) is 29.3 Å². The molecule has 1 unspecified atom stereocenters. The molecule has 1 fully saturated rings. The normalized spacial score (nSPS) is 26.8. The Kier molecular flexibility index (Phi) is 4.23. The summed E-state index contributed by atoms with van der Waals surface area (Å²) in [5.74, 6) is 0. The van der Waals surface area contributed by atoms with Crippen LogP contribution in [0.1, 0.15) is 24.8 Å². The average molecular weight is 297 g/mol. The van der Waals surface area contributed by atoms with Crippen LogP contribution in [0.25, 0.3) is 0 Å². The Balaban J connectivity index is 2.29. The number of nitrogens with zero attached hydrogens (tertiary/aromatic N) is 1. The summed E-state index contributed by atoms with van der Waals surface area (Å²) in [6.07, 6.45) is 3.60. The van der Waals surface area contributed by atoms with Gasteiger partial charge in [-0.3, -0.25) is 0 Å². The summed E-state index contributed by atoms with van der Waals surface area (Å²) in [5, 5.41) is 0. The fourth-order valence-electron chi connectivity index (χ4n) is 2.76. The molecule has 3 heteroatoms. The molecular weight excluding hydrogens is 276 g/mol. The molecule has 1 heterocycles. The highest BCUT2D eigenvalue weighted by Crippen LogP contribution is 2.35. The van der Waals surface area contributed by atoms with E-state index >= 15 is 0 Å². The van der Waals surface area contributed by atoms with Crippen LogP contribution < -0.4 is 5.73 Å². The quantitative estimate of drug-likeness (QED) is 0.909. The molecule has 94 valence electrons. The van der Waals surface area contributed by atoms with Gasteiger partial charge in [0, 0.05) is 16.4 Å². The van der Waals surface area contributed by atoms with Crippen molar-refractivity contribution < 1.29 is 0 Å². The van der Waals surface area contributed by atoms with Crippen LogP contribution in [0.3, 0.4) is 0 Å². The van der Waals surface area contributed by atoms with E-state index in [0.717, 1.165) is 24.0 Å². The standard InChI is InChI=1S/C14H21BrN2/c1-17-8-3-6-14(11-16,7-9-17)12-4-2-5-13(15)10-12/h2,4-5,10H,3,6-9,11,16H2,1H3. The number of rotatable bonds is 2. The first-order valence-electron chi connectivity index (χ1n) is 6.31. The average Bonchev–Trinajstić information content (AvgIpc) is 2.52. The van der Waals surface area contributed by atoms with Crippen molar-refractivity contribution in [1.29, 1.82) is 0 Å². The third-order valence-corrected chi connectivity index (χ3v) is 4.49. The van der Waals surface area contributed by atoms with Crippen LogP contribution in [0.15, 0.2) is 28.7 Å². The van der Waals surface area contributed by atoms with Crippen LogP contribution in [0.4, 0.5) is 0 Å². The maximum Gasteiger partial charge on any atom is 0.0178 e. The fraction of sp³-hybridized carbons (Fsp3) is 0.571. The highest BCUT2D eigenvalue weighted by molar-refractivity contribution is 9.10. The van der Waals surface area contributed by atoms with E-state index in [2.05, 4.69) is 52.1 Å². The first-order valence-corrected chi connectivity index (χ1v) is 7.10. The van der Waals surface area contributed by atoms with Crippen molar-refractivity contribution in [3.05, 3.63) is 34.3 Å². The smallest absolute Gasteiger partial charge is 0.0178 e. The molecular formula is C14H21BrN2. The zero-order valence-electron chi connectivity index (χ0n) is 10.5. The van der Waals surface area contributed by atoms with Crippen LogP contribution in [-0.4, -0.2) is 31.6 Å². The minimum absolute atomic E-state index is 0.175. The molecule has 0 spiro atoms. The Labute approximate surface area is 112 Å². The van der Waals surface area contributed by atoms with E-state index < -0.39 is 0 Å². The van der Waals surface area contributed by atoms with E-state index in [0.29, 0.717) is 0 Å². The predicted octanol–water partition coefficient (Wildman–Crippen LogP) is 2.76. The van der Waals surface area contributed by atoms with Crippen molar-refractivity contribution in [3.63, 3.8) is 0 Å². The predicted molar refractivity (Wildman–Crippen MR) is 76.2 cm³/mol. The molecule has 0 radical (unpaired) electrons. The lowest BCUT2D eigenvalue weighted by molar-refractivity contribution is 0.329. The lowest BCUT2D eigenvalue weighted by atomic mass is 9.74. The molecule has 17 heavy (non-hydrogen) atoms. The molecule has 1 saturated heterocycles. The zero-order chi connectivity index (χ0) is 12.3. The SMILES string of the molecule is CN1CCCC(CN)(c2cccc(Br)c2)CC1. The second kappa shape index (κ2) is 5.51. The van der Waals surface area contributed by atoms with Gasteiger partial charge in [0.15, 0.2) is 0 Å². The van der Waals surface area contributed by atoms with E-state index in [9.17, 15) is 0 Å². The summed E-state index contributed by atoms with van der Waals surface area (Å²) in [7, 11) is 2.20. The molecule has 0 bridgehead atoms. The molecule has 0 saturated carbocycles. The molecule has 1 aliphatic rings. The van der Waals surface area contributed by atoms with Crippen LogP contribution in [0.2, 0.25) is 0 Å². The lowest BCUT2D eigenvalue weighted by Gasteiger charge is -2.32. The highest BCUT2D eigenvalue weighted by atomic mass is 79.9.